The highest BCUT2D eigenvalue weighted by atomic mass is 16.5. The smallest absolute Gasteiger partial charge is 0.252 e. The molecule has 0 unspecified atom stereocenters. The molecule has 1 saturated carbocycles. The number of nitrogens with zero attached hydrogens (tertiary/aromatic N) is 4. The highest BCUT2D eigenvalue weighted by Gasteiger charge is 2.39. The van der Waals surface area contributed by atoms with Crippen molar-refractivity contribution in [2.45, 2.75) is 64.5 Å². The first-order valence-corrected chi connectivity index (χ1v) is 11.0. The predicted molar refractivity (Wildman–Crippen MR) is 113 cm³/mol. The number of carbonyl (C=O) groups excluding carboxylic acids is 1. The van der Waals surface area contributed by atoms with Crippen LogP contribution < -0.4 is 5.32 Å². The van der Waals surface area contributed by atoms with Crippen LogP contribution in [0.1, 0.15) is 68.0 Å². The highest BCUT2D eigenvalue weighted by Crippen LogP contribution is 2.34. The Morgan fingerprint density at radius 3 is 2.66 bits per heavy atom. The van der Waals surface area contributed by atoms with Crippen molar-refractivity contribution in [2.24, 2.45) is 0 Å². The summed E-state index contributed by atoms with van der Waals surface area (Å²) in [6, 6.07) is 2.08. The molecule has 2 aliphatic rings. The van der Waals surface area contributed by atoms with Crippen molar-refractivity contribution in [1.82, 2.24) is 25.0 Å². The molecule has 1 saturated heterocycles. The van der Waals surface area contributed by atoms with Crippen LogP contribution in [0.2, 0.25) is 0 Å². The normalized spacial score (nSPS) is 20.3. The molecule has 29 heavy (non-hydrogen) atoms. The molecule has 7 heteroatoms. The highest BCUT2D eigenvalue weighted by molar-refractivity contribution is 6.05. The summed E-state index contributed by atoms with van der Waals surface area (Å²) in [6.07, 6.45) is 7.81. The van der Waals surface area contributed by atoms with Crippen molar-refractivity contribution in [3.05, 3.63) is 23.5 Å². The SMILES string of the molecule is Cc1cc(C(=O)NCC2(N3CCOCC3)CCCCC2)c2cnn(C(C)C)c2n1. The number of hydrogen-bond acceptors (Lipinski definition) is 5. The topological polar surface area (TPSA) is 72.3 Å². The third kappa shape index (κ3) is 4.03. The lowest BCUT2D eigenvalue weighted by molar-refractivity contribution is -0.0361. The zero-order valence-corrected chi connectivity index (χ0v) is 17.9. The first kappa shape index (κ1) is 20.3. The minimum Gasteiger partial charge on any atom is -0.379 e. The van der Waals surface area contributed by atoms with Crippen LogP contribution in [0.5, 0.6) is 0 Å². The number of fused-ring (bicyclic) bond motifs is 1. The van der Waals surface area contributed by atoms with Gasteiger partial charge in [-0.05, 0) is 39.7 Å². The lowest BCUT2D eigenvalue weighted by Crippen LogP contribution is -2.59. The van der Waals surface area contributed by atoms with E-state index in [0.29, 0.717) is 12.1 Å². The number of ether oxygens (including phenoxy) is 1. The molecule has 1 amide bonds. The Balaban J connectivity index is 1.57. The lowest BCUT2D eigenvalue weighted by Gasteiger charge is -2.48. The zero-order chi connectivity index (χ0) is 20.4. The van der Waals surface area contributed by atoms with E-state index in [1.807, 2.05) is 17.7 Å². The van der Waals surface area contributed by atoms with Crippen LogP contribution in [-0.4, -0.2) is 64.0 Å². The molecule has 7 nitrogen and oxygen atoms in total. The molecule has 158 valence electrons. The van der Waals surface area contributed by atoms with Gasteiger partial charge in [-0.15, -0.1) is 0 Å². The summed E-state index contributed by atoms with van der Waals surface area (Å²) < 4.78 is 7.45. The van der Waals surface area contributed by atoms with Gasteiger partial charge >= 0.3 is 0 Å². The molecule has 1 N–H and O–H groups in total. The van der Waals surface area contributed by atoms with E-state index in [0.717, 1.165) is 55.9 Å². The van der Waals surface area contributed by atoms with Gasteiger partial charge in [0.2, 0.25) is 0 Å². The van der Waals surface area contributed by atoms with Crippen LogP contribution in [-0.2, 0) is 4.74 Å². The van der Waals surface area contributed by atoms with Crippen molar-refractivity contribution < 1.29 is 9.53 Å². The number of aromatic nitrogens is 3. The third-order valence-corrected chi connectivity index (χ3v) is 6.47. The number of pyridine rings is 1. The Labute approximate surface area is 172 Å². The summed E-state index contributed by atoms with van der Waals surface area (Å²) in [5, 5.41) is 8.57. The average molecular weight is 400 g/mol. The van der Waals surface area contributed by atoms with Gasteiger partial charge in [0, 0.05) is 36.9 Å². The fraction of sp³-hybridized carbons (Fsp3) is 0.682. The molecule has 1 aliphatic heterocycles. The number of nitrogens with one attached hydrogen (secondary N) is 1. The first-order valence-electron chi connectivity index (χ1n) is 11.0. The number of amides is 1. The number of aryl methyl sites for hydroxylation is 1. The molecule has 2 aromatic rings. The Morgan fingerprint density at radius 1 is 1.24 bits per heavy atom. The summed E-state index contributed by atoms with van der Waals surface area (Å²) in [7, 11) is 0. The molecule has 0 radical (unpaired) electrons. The number of morpholine rings is 1. The van der Waals surface area contributed by atoms with Crippen LogP contribution in [0.3, 0.4) is 0 Å². The van der Waals surface area contributed by atoms with E-state index in [9.17, 15) is 4.79 Å². The van der Waals surface area contributed by atoms with E-state index >= 15 is 0 Å². The summed E-state index contributed by atoms with van der Waals surface area (Å²) >= 11 is 0. The van der Waals surface area contributed by atoms with Crippen LogP contribution in [0, 0.1) is 6.92 Å². The van der Waals surface area contributed by atoms with Gasteiger partial charge in [-0.2, -0.15) is 5.10 Å². The second kappa shape index (κ2) is 8.40. The van der Waals surface area contributed by atoms with Crippen molar-refractivity contribution in [1.29, 1.82) is 0 Å². The molecule has 0 bridgehead atoms. The molecular weight excluding hydrogens is 366 g/mol. The fourth-order valence-corrected chi connectivity index (χ4v) is 4.90. The summed E-state index contributed by atoms with van der Waals surface area (Å²) in [5.74, 6) is -0.0259. The van der Waals surface area contributed by atoms with E-state index in [-0.39, 0.29) is 17.5 Å². The first-order chi connectivity index (χ1) is 14.0. The van der Waals surface area contributed by atoms with Crippen LogP contribution >= 0.6 is 0 Å². The molecule has 0 aromatic carbocycles. The minimum atomic E-state index is -0.0259. The Bertz CT molecular complexity index is 863. The number of hydrogen-bond donors (Lipinski definition) is 1. The van der Waals surface area contributed by atoms with Crippen molar-refractivity contribution in [3.8, 4) is 0 Å². The van der Waals surface area contributed by atoms with E-state index in [2.05, 4.69) is 34.1 Å². The van der Waals surface area contributed by atoms with Crippen molar-refractivity contribution in [3.63, 3.8) is 0 Å². The van der Waals surface area contributed by atoms with Gasteiger partial charge in [0.05, 0.1) is 30.4 Å². The second-order valence-electron chi connectivity index (χ2n) is 8.80. The van der Waals surface area contributed by atoms with Crippen molar-refractivity contribution in [2.75, 3.05) is 32.8 Å². The molecule has 2 aromatic heterocycles. The van der Waals surface area contributed by atoms with E-state index < -0.39 is 0 Å². The maximum absolute atomic E-state index is 13.2. The predicted octanol–water partition coefficient (Wildman–Crippen LogP) is 3.09. The zero-order valence-electron chi connectivity index (χ0n) is 17.9. The quantitative estimate of drug-likeness (QED) is 0.836. The lowest BCUT2D eigenvalue weighted by atomic mass is 9.79. The largest absolute Gasteiger partial charge is 0.379 e. The van der Waals surface area contributed by atoms with Crippen LogP contribution in [0.25, 0.3) is 11.0 Å². The van der Waals surface area contributed by atoms with Gasteiger partial charge in [-0.1, -0.05) is 19.3 Å². The molecule has 1 aliphatic carbocycles. The Morgan fingerprint density at radius 2 is 1.97 bits per heavy atom. The molecular formula is C22H33N5O2. The third-order valence-electron chi connectivity index (χ3n) is 6.47. The van der Waals surface area contributed by atoms with E-state index in [1.54, 1.807) is 6.20 Å². The average Bonchev–Trinajstić information content (AvgIpc) is 3.17. The van der Waals surface area contributed by atoms with Crippen LogP contribution in [0.15, 0.2) is 12.3 Å². The van der Waals surface area contributed by atoms with E-state index in [4.69, 9.17) is 4.74 Å². The van der Waals surface area contributed by atoms with Crippen molar-refractivity contribution >= 4 is 16.9 Å². The van der Waals surface area contributed by atoms with Gasteiger partial charge in [-0.25, -0.2) is 9.67 Å². The van der Waals surface area contributed by atoms with E-state index in [1.165, 1.54) is 19.3 Å². The molecule has 4 rings (SSSR count). The Hall–Kier alpha value is -1.99. The molecule has 0 atom stereocenters. The monoisotopic (exact) mass is 399 g/mol. The maximum Gasteiger partial charge on any atom is 0.252 e. The maximum atomic E-state index is 13.2. The van der Waals surface area contributed by atoms with Gasteiger partial charge in [-0.3, -0.25) is 9.69 Å². The Kier molecular flexibility index (Phi) is 5.88. The second-order valence-corrected chi connectivity index (χ2v) is 8.80. The van der Waals surface area contributed by atoms with Gasteiger partial charge in [0.15, 0.2) is 5.65 Å². The van der Waals surface area contributed by atoms with Gasteiger partial charge < -0.3 is 10.1 Å². The van der Waals surface area contributed by atoms with Crippen LogP contribution in [0.4, 0.5) is 0 Å². The summed E-state index contributed by atoms with van der Waals surface area (Å²) in [5.41, 5.74) is 2.35. The number of carbonyl (C=O) groups is 1. The van der Waals surface area contributed by atoms with Gasteiger partial charge in [0.1, 0.15) is 0 Å². The fourth-order valence-electron chi connectivity index (χ4n) is 4.90. The summed E-state index contributed by atoms with van der Waals surface area (Å²) in [6.45, 7) is 10.3. The van der Waals surface area contributed by atoms with Gasteiger partial charge in [0.25, 0.3) is 5.91 Å². The molecule has 0 spiro atoms. The summed E-state index contributed by atoms with van der Waals surface area (Å²) in [4.78, 5) is 20.4. The molecule has 2 fully saturated rings. The standard InChI is InChI=1S/C22H33N5O2/c1-16(2)27-20-19(14-24-27)18(13-17(3)25-20)21(28)23-15-22(7-5-4-6-8-22)26-9-11-29-12-10-26/h13-14,16H,4-12,15H2,1-3H3,(H,23,28). The number of rotatable bonds is 5. The minimum absolute atomic E-state index is 0.0259. The molecule has 3 heterocycles.